The van der Waals surface area contributed by atoms with Gasteiger partial charge in [0.2, 0.25) is 0 Å². The molecule has 3 aromatic rings. The van der Waals surface area contributed by atoms with Gasteiger partial charge in [-0.05, 0) is 35.8 Å². The molecule has 9 nitrogen and oxygen atoms in total. The number of nitrogens with two attached hydrogens (primary N) is 1. The fourth-order valence-corrected chi connectivity index (χ4v) is 2.12. The van der Waals surface area contributed by atoms with E-state index in [1.54, 1.807) is 37.5 Å². The maximum Gasteiger partial charge on any atom is 0.199 e. The number of aliphatic hydroxyl groups is 1. The predicted molar refractivity (Wildman–Crippen MR) is 103 cm³/mol. The summed E-state index contributed by atoms with van der Waals surface area (Å²) in [4.78, 5) is 8.48. The fourth-order valence-electron chi connectivity index (χ4n) is 2.12. The molecule has 0 aromatic carbocycles. The van der Waals surface area contributed by atoms with Gasteiger partial charge in [-0.15, -0.1) is 6.58 Å². The van der Waals surface area contributed by atoms with Crippen LogP contribution in [-0.2, 0) is 6.54 Å². The van der Waals surface area contributed by atoms with Crippen LogP contribution in [0, 0.1) is 11.3 Å². The van der Waals surface area contributed by atoms with Crippen LogP contribution in [0.5, 0.6) is 0 Å². The van der Waals surface area contributed by atoms with E-state index in [9.17, 15) is 0 Å². The zero-order valence-corrected chi connectivity index (χ0v) is 15.6. The fraction of sp³-hybridized carbons (Fsp3) is 0.278. The first-order chi connectivity index (χ1) is 13.0. The lowest BCUT2D eigenvalue weighted by Crippen LogP contribution is -2.00. The van der Waals surface area contributed by atoms with E-state index in [2.05, 4.69) is 31.5 Å². The number of nitrogen functional groups attached to an aromatic ring is 1. The number of allylic oxidation sites excluding steroid dienone is 3. The molecule has 27 heavy (non-hydrogen) atoms. The molecule has 0 aliphatic carbocycles. The molecule has 142 valence electrons. The first-order valence-corrected chi connectivity index (χ1v) is 8.16. The van der Waals surface area contributed by atoms with Gasteiger partial charge in [0.1, 0.15) is 5.52 Å². The number of rotatable bonds is 4. The van der Waals surface area contributed by atoms with Crippen LogP contribution < -0.4 is 5.73 Å². The molecule has 0 bridgehead atoms. The monoisotopic (exact) mass is 369 g/mol. The smallest absolute Gasteiger partial charge is 0.199 e. The van der Waals surface area contributed by atoms with Gasteiger partial charge in [-0.3, -0.25) is 4.98 Å². The number of aliphatic hydroxyl groups excluding tert-OH is 1. The quantitative estimate of drug-likeness (QED) is 0.524. The van der Waals surface area contributed by atoms with Gasteiger partial charge in [0.15, 0.2) is 17.3 Å². The molecule has 9 heteroatoms. The normalized spacial score (nSPS) is 10.2. The van der Waals surface area contributed by atoms with Gasteiger partial charge in [-0.2, -0.15) is 5.26 Å². The second-order valence-electron chi connectivity index (χ2n) is 5.17. The maximum absolute atomic E-state index is 8.41. The Hall–Kier alpha value is -3.67. The highest BCUT2D eigenvalue weighted by Crippen LogP contribution is 2.25. The number of fused-ring (bicyclic) bond motifs is 1. The Balaban J connectivity index is 0.000000343. The van der Waals surface area contributed by atoms with Crippen molar-refractivity contribution in [3.05, 3.63) is 43.0 Å². The van der Waals surface area contributed by atoms with E-state index < -0.39 is 0 Å². The minimum atomic E-state index is 0.212. The average Bonchev–Trinajstić information content (AvgIpc) is 3.20. The van der Waals surface area contributed by atoms with Gasteiger partial charge in [0.25, 0.3) is 0 Å². The summed E-state index contributed by atoms with van der Waals surface area (Å²) < 4.78 is 6.54. The number of hydrogen-bond donors (Lipinski definition) is 2. The molecule has 0 aliphatic heterocycles. The standard InChI is InChI=1S/C11H10N6O.C5H10O.C2H3N/c1-2-5-17-8-3-4-13-6-7(8)14-11(17)9-10(12)16-18-15-9;1-3-4-5(2)6;1-2-3/h2-4,6H,1,5H2,(H2,12,16);4,6H,3H2,1-2H3;1H3/b;5-4+;. The number of pyridine rings is 1. The molecule has 0 saturated carbocycles. The van der Waals surface area contributed by atoms with Crippen molar-refractivity contribution in [2.24, 2.45) is 0 Å². The van der Waals surface area contributed by atoms with E-state index in [1.807, 2.05) is 17.6 Å². The highest BCUT2D eigenvalue weighted by atomic mass is 16.6. The Morgan fingerprint density at radius 3 is 2.67 bits per heavy atom. The van der Waals surface area contributed by atoms with Crippen LogP contribution in [0.4, 0.5) is 5.82 Å². The zero-order valence-electron chi connectivity index (χ0n) is 15.6. The number of hydrogen-bond acceptors (Lipinski definition) is 8. The van der Waals surface area contributed by atoms with Crippen LogP contribution >= 0.6 is 0 Å². The molecule has 0 aliphatic rings. The average molecular weight is 369 g/mol. The van der Waals surface area contributed by atoms with Gasteiger partial charge in [-0.25, -0.2) is 9.61 Å². The molecular formula is C18H23N7O2. The SMILES string of the molecule is C=CCn1c(-c2nonc2N)nc2cnccc21.CC#N.CC/C=C(\C)O. The molecule has 0 amide bonds. The van der Waals surface area contributed by atoms with Crippen molar-refractivity contribution in [2.75, 3.05) is 5.73 Å². The van der Waals surface area contributed by atoms with Crippen molar-refractivity contribution < 1.29 is 9.74 Å². The number of nitriles is 1. The largest absolute Gasteiger partial charge is 0.513 e. The third-order valence-electron chi connectivity index (χ3n) is 3.09. The summed E-state index contributed by atoms with van der Waals surface area (Å²) in [6.07, 6.45) is 7.84. The Morgan fingerprint density at radius 2 is 2.19 bits per heavy atom. The summed E-state index contributed by atoms with van der Waals surface area (Å²) in [5.74, 6) is 1.22. The van der Waals surface area contributed by atoms with Crippen LogP contribution in [0.25, 0.3) is 22.6 Å². The van der Waals surface area contributed by atoms with Crippen molar-refractivity contribution in [1.82, 2.24) is 24.8 Å². The van der Waals surface area contributed by atoms with E-state index >= 15 is 0 Å². The van der Waals surface area contributed by atoms with Crippen molar-refractivity contribution in [2.45, 2.75) is 33.7 Å². The van der Waals surface area contributed by atoms with Gasteiger partial charge < -0.3 is 15.4 Å². The van der Waals surface area contributed by atoms with Crippen molar-refractivity contribution in [1.29, 1.82) is 5.26 Å². The zero-order chi connectivity index (χ0) is 20.2. The summed E-state index contributed by atoms with van der Waals surface area (Å²) in [5.41, 5.74) is 7.81. The van der Waals surface area contributed by atoms with Crippen molar-refractivity contribution in [3.63, 3.8) is 0 Å². The van der Waals surface area contributed by atoms with E-state index in [-0.39, 0.29) is 5.82 Å². The Morgan fingerprint density at radius 1 is 1.48 bits per heavy atom. The highest BCUT2D eigenvalue weighted by Gasteiger charge is 2.18. The number of anilines is 1. The molecule has 0 radical (unpaired) electrons. The lowest BCUT2D eigenvalue weighted by atomic mass is 10.4. The van der Waals surface area contributed by atoms with Crippen LogP contribution in [0.3, 0.4) is 0 Å². The van der Waals surface area contributed by atoms with Gasteiger partial charge >= 0.3 is 0 Å². The van der Waals surface area contributed by atoms with E-state index in [0.29, 0.717) is 23.8 Å². The van der Waals surface area contributed by atoms with E-state index in [0.717, 1.165) is 17.5 Å². The molecule has 3 N–H and O–H groups in total. The molecule has 0 fully saturated rings. The van der Waals surface area contributed by atoms with Crippen LogP contribution in [0.15, 0.2) is 47.6 Å². The van der Waals surface area contributed by atoms with Crippen LogP contribution in [0.1, 0.15) is 27.2 Å². The third kappa shape index (κ3) is 5.97. The molecular weight excluding hydrogens is 346 g/mol. The lowest BCUT2D eigenvalue weighted by molar-refractivity contribution is 0.310. The topological polar surface area (TPSA) is 140 Å². The van der Waals surface area contributed by atoms with Crippen LogP contribution in [0.2, 0.25) is 0 Å². The Labute approximate surface area is 157 Å². The number of aromatic nitrogens is 5. The van der Waals surface area contributed by atoms with Crippen molar-refractivity contribution in [3.8, 4) is 17.6 Å². The Kier molecular flexibility index (Phi) is 8.74. The number of imidazole rings is 1. The van der Waals surface area contributed by atoms with Crippen LogP contribution in [-0.4, -0.2) is 30.0 Å². The minimum Gasteiger partial charge on any atom is -0.513 e. The van der Waals surface area contributed by atoms with Crippen molar-refractivity contribution >= 4 is 16.9 Å². The second-order valence-corrected chi connectivity index (χ2v) is 5.17. The molecule has 0 saturated heterocycles. The molecule has 0 spiro atoms. The molecule has 3 rings (SSSR count). The predicted octanol–water partition coefficient (Wildman–Crippen LogP) is 3.64. The summed E-state index contributed by atoms with van der Waals surface area (Å²) in [6.45, 7) is 9.40. The summed E-state index contributed by atoms with van der Waals surface area (Å²) in [6, 6.07) is 3.62. The first-order valence-electron chi connectivity index (χ1n) is 8.16. The molecule has 3 heterocycles. The molecule has 3 aromatic heterocycles. The second kappa shape index (κ2) is 11.0. The summed E-state index contributed by atoms with van der Waals surface area (Å²) in [7, 11) is 0. The number of nitrogens with zero attached hydrogens (tertiary/aromatic N) is 6. The lowest BCUT2D eigenvalue weighted by Gasteiger charge is -2.03. The minimum absolute atomic E-state index is 0.212. The van der Waals surface area contributed by atoms with E-state index in [4.69, 9.17) is 16.1 Å². The Bertz CT molecular complexity index is 931. The first kappa shape index (κ1) is 21.4. The van der Waals surface area contributed by atoms with Gasteiger partial charge in [0, 0.05) is 19.7 Å². The summed E-state index contributed by atoms with van der Waals surface area (Å²) in [5, 5.41) is 23.1. The third-order valence-corrected chi connectivity index (χ3v) is 3.09. The van der Waals surface area contributed by atoms with Gasteiger partial charge in [0.05, 0.1) is 23.5 Å². The van der Waals surface area contributed by atoms with E-state index in [1.165, 1.54) is 6.92 Å². The van der Waals surface area contributed by atoms with Gasteiger partial charge in [-0.1, -0.05) is 13.0 Å². The molecule has 0 atom stereocenters. The summed E-state index contributed by atoms with van der Waals surface area (Å²) >= 11 is 0. The maximum atomic E-state index is 8.41. The molecule has 0 unspecified atom stereocenters. The highest BCUT2D eigenvalue weighted by molar-refractivity contribution is 5.80.